The molecule has 0 bridgehead atoms. The van der Waals surface area contributed by atoms with Crippen LogP contribution in [0.15, 0.2) is 16.6 Å². The molecule has 0 aromatic heterocycles. The molecule has 1 rings (SSSR count). The number of methoxy groups -OCH3 is 1. The number of nitriles is 1. The van der Waals surface area contributed by atoms with Gasteiger partial charge in [0.1, 0.15) is 6.07 Å². The maximum Gasteiger partial charge on any atom is 0.340 e. The normalized spacial score (nSPS) is 9.29. The van der Waals surface area contributed by atoms with Crippen LogP contribution in [-0.2, 0) is 4.74 Å². The van der Waals surface area contributed by atoms with Crippen molar-refractivity contribution in [2.75, 3.05) is 7.11 Å². The van der Waals surface area contributed by atoms with Crippen molar-refractivity contribution < 1.29 is 9.53 Å². The molecule has 0 radical (unpaired) electrons. The zero-order valence-electron chi connectivity index (χ0n) is 7.17. The number of hydrogen-bond acceptors (Lipinski definition) is 3. The van der Waals surface area contributed by atoms with Gasteiger partial charge in [-0.05, 0) is 28.1 Å². The van der Waals surface area contributed by atoms with Gasteiger partial charge in [-0.2, -0.15) is 5.26 Å². The van der Waals surface area contributed by atoms with E-state index < -0.39 is 5.97 Å². The molecule has 0 aliphatic heterocycles. The van der Waals surface area contributed by atoms with Gasteiger partial charge in [0.05, 0.1) is 18.2 Å². The van der Waals surface area contributed by atoms with Gasteiger partial charge in [0.15, 0.2) is 0 Å². The van der Waals surface area contributed by atoms with Crippen molar-refractivity contribution in [1.29, 1.82) is 5.26 Å². The van der Waals surface area contributed by atoms with E-state index >= 15 is 0 Å². The lowest BCUT2D eigenvalue weighted by atomic mass is 10.1. The second kappa shape index (κ2) is 4.45. The summed E-state index contributed by atoms with van der Waals surface area (Å²) < 4.78 is 4.99. The Bertz CT molecular complexity index is 426. The molecular formula is C9H5BrClNO2. The first kappa shape index (κ1) is 11.0. The maximum absolute atomic E-state index is 11.3. The van der Waals surface area contributed by atoms with Gasteiger partial charge in [-0.25, -0.2) is 4.79 Å². The van der Waals surface area contributed by atoms with Crippen LogP contribution in [0.1, 0.15) is 15.9 Å². The first-order valence-corrected chi connectivity index (χ1v) is 4.74. The summed E-state index contributed by atoms with van der Waals surface area (Å²) in [5.41, 5.74) is 0.385. The number of rotatable bonds is 1. The standard InChI is InChI=1S/C9H5BrClNO2/c1-14-9(13)8-5(4-12)2-6(11)3-7(8)10/h2-3H,1H3. The zero-order chi connectivity index (χ0) is 10.7. The van der Waals surface area contributed by atoms with Gasteiger partial charge < -0.3 is 4.74 Å². The molecule has 0 amide bonds. The minimum atomic E-state index is -0.565. The topological polar surface area (TPSA) is 50.1 Å². The van der Waals surface area contributed by atoms with Crippen molar-refractivity contribution in [3.63, 3.8) is 0 Å². The molecule has 14 heavy (non-hydrogen) atoms. The molecule has 0 saturated heterocycles. The smallest absolute Gasteiger partial charge is 0.340 e. The molecule has 0 atom stereocenters. The Kier molecular flexibility index (Phi) is 3.50. The Balaban J connectivity index is 3.42. The molecule has 0 spiro atoms. The Labute approximate surface area is 94.4 Å². The van der Waals surface area contributed by atoms with Crippen LogP contribution in [0.2, 0.25) is 5.02 Å². The highest BCUT2D eigenvalue weighted by Gasteiger charge is 2.16. The first-order valence-electron chi connectivity index (χ1n) is 3.57. The first-order chi connectivity index (χ1) is 6.60. The van der Waals surface area contributed by atoms with Crippen molar-refractivity contribution in [1.82, 2.24) is 0 Å². The summed E-state index contributed by atoms with van der Waals surface area (Å²) >= 11 is 8.86. The molecule has 1 aromatic rings. The minimum Gasteiger partial charge on any atom is -0.465 e. The molecule has 1 aromatic carbocycles. The Hall–Kier alpha value is -1.05. The molecule has 0 saturated carbocycles. The zero-order valence-corrected chi connectivity index (χ0v) is 9.52. The molecule has 72 valence electrons. The average Bonchev–Trinajstić information content (AvgIpc) is 2.15. The van der Waals surface area contributed by atoms with E-state index in [1.165, 1.54) is 19.2 Å². The molecule has 0 aliphatic rings. The van der Waals surface area contributed by atoms with Gasteiger partial charge in [0.2, 0.25) is 0 Å². The fourth-order valence-electron chi connectivity index (χ4n) is 0.971. The highest BCUT2D eigenvalue weighted by molar-refractivity contribution is 9.10. The summed E-state index contributed by atoms with van der Waals surface area (Å²) in [6, 6.07) is 4.83. The fraction of sp³-hybridized carbons (Fsp3) is 0.111. The summed E-state index contributed by atoms with van der Waals surface area (Å²) in [5.74, 6) is -0.565. The predicted octanol–water partition coefficient (Wildman–Crippen LogP) is 2.76. The minimum absolute atomic E-state index is 0.191. The Morgan fingerprint density at radius 2 is 2.29 bits per heavy atom. The van der Waals surface area contributed by atoms with Crippen LogP contribution in [0.3, 0.4) is 0 Å². The largest absolute Gasteiger partial charge is 0.465 e. The second-order valence-corrected chi connectivity index (χ2v) is 3.70. The Morgan fingerprint density at radius 3 is 2.79 bits per heavy atom. The third kappa shape index (κ3) is 2.06. The van der Waals surface area contributed by atoms with E-state index in [1.807, 2.05) is 6.07 Å². The third-order valence-electron chi connectivity index (χ3n) is 1.56. The van der Waals surface area contributed by atoms with E-state index in [9.17, 15) is 4.79 Å². The number of ether oxygens (including phenoxy) is 1. The third-order valence-corrected chi connectivity index (χ3v) is 2.41. The van der Waals surface area contributed by atoms with E-state index in [2.05, 4.69) is 20.7 Å². The molecule has 0 unspecified atom stereocenters. The molecule has 5 heteroatoms. The highest BCUT2D eigenvalue weighted by atomic mass is 79.9. The maximum atomic E-state index is 11.3. The van der Waals surface area contributed by atoms with Crippen LogP contribution >= 0.6 is 27.5 Å². The van der Waals surface area contributed by atoms with E-state index in [0.29, 0.717) is 9.50 Å². The van der Waals surface area contributed by atoms with Crippen LogP contribution in [0.5, 0.6) is 0 Å². The fourth-order valence-corrected chi connectivity index (χ4v) is 1.94. The number of halogens is 2. The van der Waals surface area contributed by atoms with Gasteiger partial charge in [0, 0.05) is 9.50 Å². The van der Waals surface area contributed by atoms with E-state index in [-0.39, 0.29) is 11.1 Å². The van der Waals surface area contributed by atoms with Crippen LogP contribution < -0.4 is 0 Å². The molecule has 0 fully saturated rings. The number of esters is 1. The SMILES string of the molecule is COC(=O)c1c(Br)cc(Cl)cc1C#N. The summed E-state index contributed by atoms with van der Waals surface area (Å²) in [6.45, 7) is 0. The van der Waals surface area contributed by atoms with Crippen LogP contribution in [0.25, 0.3) is 0 Å². The number of benzene rings is 1. The van der Waals surface area contributed by atoms with Gasteiger partial charge in [-0.1, -0.05) is 11.6 Å². The summed E-state index contributed by atoms with van der Waals surface area (Å²) in [5, 5.41) is 9.16. The van der Waals surface area contributed by atoms with Gasteiger partial charge >= 0.3 is 5.97 Å². The van der Waals surface area contributed by atoms with Gasteiger partial charge in [-0.15, -0.1) is 0 Å². The quantitative estimate of drug-likeness (QED) is 0.740. The van der Waals surface area contributed by atoms with E-state index in [4.69, 9.17) is 16.9 Å². The Morgan fingerprint density at radius 1 is 1.64 bits per heavy atom. The summed E-state index contributed by atoms with van der Waals surface area (Å²) in [6.07, 6.45) is 0. The number of nitrogens with zero attached hydrogens (tertiary/aromatic N) is 1. The van der Waals surface area contributed by atoms with Crippen molar-refractivity contribution in [3.05, 3.63) is 32.8 Å². The molecule has 3 nitrogen and oxygen atoms in total. The van der Waals surface area contributed by atoms with Crippen LogP contribution in [-0.4, -0.2) is 13.1 Å². The van der Waals surface area contributed by atoms with Crippen LogP contribution in [0, 0.1) is 11.3 Å². The van der Waals surface area contributed by atoms with Crippen molar-refractivity contribution in [3.8, 4) is 6.07 Å². The summed E-state index contributed by atoms with van der Waals surface area (Å²) in [4.78, 5) is 11.3. The molecule has 0 heterocycles. The van der Waals surface area contributed by atoms with Crippen molar-refractivity contribution >= 4 is 33.5 Å². The lowest BCUT2D eigenvalue weighted by Gasteiger charge is -2.04. The van der Waals surface area contributed by atoms with E-state index in [1.54, 1.807) is 0 Å². The van der Waals surface area contributed by atoms with E-state index in [0.717, 1.165) is 0 Å². The van der Waals surface area contributed by atoms with Crippen molar-refractivity contribution in [2.45, 2.75) is 0 Å². The number of carbonyl (C=O) groups is 1. The molecular weight excluding hydrogens is 269 g/mol. The lowest BCUT2D eigenvalue weighted by molar-refractivity contribution is 0.0599. The number of carbonyl (C=O) groups excluding carboxylic acids is 1. The monoisotopic (exact) mass is 273 g/mol. The second-order valence-electron chi connectivity index (χ2n) is 2.41. The number of hydrogen-bond donors (Lipinski definition) is 0. The molecule has 0 aliphatic carbocycles. The van der Waals surface area contributed by atoms with Crippen molar-refractivity contribution in [2.24, 2.45) is 0 Å². The van der Waals surface area contributed by atoms with Crippen LogP contribution in [0.4, 0.5) is 0 Å². The lowest BCUT2D eigenvalue weighted by Crippen LogP contribution is -2.05. The van der Waals surface area contributed by atoms with Gasteiger partial charge in [-0.3, -0.25) is 0 Å². The average molecular weight is 275 g/mol. The van der Waals surface area contributed by atoms with Gasteiger partial charge in [0.25, 0.3) is 0 Å². The predicted molar refractivity (Wildman–Crippen MR) is 55.2 cm³/mol. The molecule has 0 N–H and O–H groups in total. The highest BCUT2D eigenvalue weighted by Crippen LogP contribution is 2.25. The summed E-state index contributed by atoms with van der Waals surface area (Å²) in [7, 11) is 1.25.